The van der Waals surface area contributed by atoms with Gasteiger partial charge in [0.05, 0.1) is 4.92 Å². The number of benzene rings is 1. The van der Waals surface area contributed by atoms with Gasteiger partial charge in [-0.05, 0) is 25.3 Å². The van der Waals surface area contributed by atoms with E-state index < -0.39 is 0 Å². The van der Waals surface area contributed by atoms with Crippen LogP contribution in [0.3, 0.4) is 0 Å². The average molecular weight is 255 g/mol. The van der Waals surface area contributed by atoms with Gasteiger partial charge in [0.15, 0.2) is 0 Å². The van der Waals surface area contributed by atoms with E-state index in [4.69, 9.17) is 5.11 Å². The van der Waals surface area contributed by atoms with Crippen LogP contribution >= 0.6 is 0 Å². The van der Waals surface area contributed by atoms with Gasteiger partial charge in [-0.2, -0.15) is 0 Å². The topological polar surface area (TPSA) is 63.4 Å². The first-order valence-corrected chi connectivity index (χ1v) is 6.49. The Kier molecular flexibility index (Phi) is 14.4. The number of aliphatic hydroxyl groups excluding tert-OH is 1. The summed E-state index contributed by atoms with van der Waals surface area (Å²) in [7, 11) is 0. The van der Waals surface area contributed by atoms with Crippen LogP contribution in [0.1, 0.15) is 46.1 Å². The lowest BCUT2D eigenvalue weighted by Crippen LogP contribution is -1.89. The Morgan fingerprint density at radius 3 is 1.94 bits per heavy atom. The third-order valence-electron chi connectivity index (χ3n) is 1.97. The first kappa shape index (κ1) is 18.9. The Balaban J connectivity index is 0. The second-order valence-corrected chi connectivity index (χ2v) is 3.34. The number of nitrogens with zero attached hydrogens (tertiary/aromatic N) is 1. The zero-order valence-corrected chi connectivity index (χ0v) is 11.8. The van der Waals surface area contributed by atoms with Crippen LogP contribution in [0, 0.1) is 10.1 Å². The van der Waals surface area contributed by atoms with Gasteiger partial charge in [-0.25, -0.2) is 0 Å². The van der Waals surface area contributed by atoms with Crippen molar-refractivity contribution < 1.29 is 10.0 Å². The highest BCUT2D eigenvalue weighted by Gasteiger charge is 2.02. The van der Waals surface area contributed by atoms with E-state index >= 15 is 0 Å². The molecule has 0 bridgehead atoms. The summed E-state index contributed by atoms with van der Waals surface area (Å²) in [4.78, 5) is 9.96. The number of nitro groups is 1. The van der Waals surface area contributed by atoms with Gasteiger partial charge in [0, 0.05) is 18.7 Å². The van der Waals surface area contributed by atoms with Gasteiger partial charge in [0.2, 0.25) is 0 Å². The zero-order valence-electron chi connectivity index (χ0n) is 11.8. The molecule has 0 aliphatic rings. The number of unbranched alkanes of at least 4 members (excludes halogenated alkanes) is 1. The zero-order chi connectivity index (χ0) is 14.4. The quantitative estimate of drug-likeness (QED) is 0.654. The second-order valence-electron chi connectivity index (χ2n) is 3.34. The van der Waals surface area contributed by atoms with E-state index in [1.54, 1.807) is 19.1 Å². The van der Waals surface area contributed by atoms with Gasteiger partial charge in [0.25, 0.3) is 5.69 Å². The van der Waals surface area contributed by atoms with Crippen LogP contribution in [-0.4, -0.2) is 16.6 Å². The van der Waals surface area contributed by atoms with Crippen LogP contribution in [0.25, 0.3) is 0 Å². The largest absolute Gasteiger partial charge is 0.397 e. The van der Waals surface area contributed by atoms with Crippen molar-refractivity contribution in [2.24, 2.45) is 0 Å². The standard InChI is InChI=1S/C10H13NO2.C2H6O.C2H6/c1-2-3-4-9-5-7-10(8-6-9)11(12)13;1-2-3;1-2/h5-8H,2-4H2,1H3;3H,2H2,1H3;1-2H3. The van der Waals surface area contributed by atoms with Gasteiger partial charge in [-0.3, -0.25) is 10.1 Å². The summed E-state index contributed by atoms with van der Waals surface area (Å²) >= 11 is 0. The average Bonchev–Trinajstić information content (AvgIpc) is 2.40. The van der Waals surface area contributed by atoms with Crippen LogP contribution in [0.5, 0.6) is 0 Å². The predicted octanol–water partition coefficient (Wildman–Crippen LogP) is 3.96. The maximum atomic E-state index is 10.3. The molecule has 0 aliphatic heterocycles. The molecule has 1 rings (SSSR count). The summed E-state index contributed by atoms with van der Waals surface area (Å²) in [5.41, 5.74) is 1.34. The molecule has 0 heterocycles. The van der Waals surface area contributed by atoms with Crippen molar-refractivity contribution in [3.8, 4) is 0 Å². The molecule has 0 aromatic heterocycles. The van der Waals surface area contributed by atoms with E-state index in [1.165, 1.54) is 5.56 Å². The molecule has 1 aromatic carbocycles. The van der Waals surface area contributed by atoms with E-state index in [9.17, 15) is 10.1 Å². The van der Waals surface area contributed by atoms with Crippen LogP contribution < -0.4 is 0 Å². The van der Waals surface area contributed by atoms with Crippen LogP contribution in [0.4, 0.5) is 5.69 Å². The second kappa shape index (κ2) is 13.6. The van der Waals surface area contributed by atoms with Crippen molar-refractivity contribution in [3.05, 3.63) is 39.9 Å². The van der Waals surface area contributed by atoms with Gasteiger partial charge in [-0.1, -0.05) is 39.3 Å². The highest BCUT2D eigenvalue weighted by atomic mass is 16.6. The van der Waals surface area contributed by atoms with Crippen molar-refractivity contribution in [3.63, 3.8) is 0 Å². The molecule has 4 nitrogen and oxygen atoms in total. The Hall–Kier alpha value is -1.42. The normalized spacial score (nSPS) is 8.50. The van der Waals surface area contributed by atoms with Gasteiger partial charge in [0.1, 0.15) is 0 Å². The molecule has 0 saturated heterocycles. The smallest absolute Gasteiger partial charge is 0.269 e. The number of hydrogen-bond acceptors (Lipinski definition) is 3. The summed E-state index contributed by atoms with van der Waals surface area (Å²) in [6.07, 6.45) is 3.29. The van der Waals surface area contributed by atoms with Crippen molar-refractivity contribution in [1.82, 2.24) is 0 Å². The Morgan fingerprint density at radius 1 is 1.17 bits per heavy atom. The highest BCUT2D eigenvalue weighted by Crippen LogP contribution is 2.13. The molecule has 4 heteroatoms. The van der Waals surface area contributed by atoms with Crippen LogP contribution in [-0.2, 0) is 6.42 Å². The van der Waals surface area contributed by atoms with E-state index in [1.807, 2.05) is 26.0 Å². The molecule has 0 aliphatic carbocycles. The first-order valence-electron chi connectivity index (χ1n) is 6.49. The molecular weight excluding hydrogens is 230 g/mol. The molecule has 0 amide bonds. The third-order valence-corrected chi connectivity index (χ3v) is 1.97. The fraction of sp³-hybridized carbons (Fsp3) is 0.571. The molecule has 18 heavy (non-hydrogen) atoms. The van der Waals surface area contributed by atoms with E-state index in [-0.39, 0.29) is 17.2 Å². The summed E-state index contributed by atoms with van der Waals surface area (Å²) in [6.45, 7) is 8.06. The van der Waals surface area contributed by atoms with Gasteiger partial charge in [-0.15, -0.1) is 0 Å². The van der Waals surface area contributed by atoms with Crippen molar-refractivity contribution in [2.75, 3.05) is 6.61 Å². The fourth-order valence-electron chi connectivity index (χ4n) is 1.17. The number of non-ortho nitro benzene ring substituents is 1. The molecule has 1 N–H and O–H groups in total. The lowest BCUT2D eigenvalue weighted by molar-refractivity contribution is -0.384. The monoisotopic (exact) mass is 255 g/mol. The molecule has 0 atom stereocenters. The Labute approximate surface area is 110 Å². The molecular formula is C14H25NO3. The highest BCUT2D eigenvalue weighted by molar-refractivity contribution is 5.32. The molecule has 104 valence electrons. The molecule has 1 aromatic rings. The van der Waals surface area contributed by atoms with Crippen molar-refractivity contribution in [2.45, 2.75) is 47.0 Å². The van der Waals surface area contributed by atoms with E-state index in [0.29, 0.717) is 0 Å². The number of hydrogen-bond donors (Lipinski definition) is 1. The SMILES string of the molecule is CC.CCCCc1ccc([N+](=O)[O-])cc1.CCO. The molecule has 0 unspecified atom stereocenters. The Morgan fingerprint density at radius 2 is 1.61 bits per heavy atom. The minimum atomic E-state index is -0.371. The fourth-order valence-corrected chi connectivity index (χ4v) is 1.17. The molecule has 0 fully saturated rings. The molecule has 0 radical (unpaired) electrons. The number of aliphatic hydroxyl groups is 1. The van der Waals surface area contributed by atoms with Gasteiger partial charge < -0.3 is 5.11 Å². The predicted molar refractivity (Wildman–Crippen MR) is 75.8 cm³/mol. The number of nitro benzene ring substituents is 1. The van der Waals surface area contributed by atoms with E-state index in [2.05, 4.69) is 6.92 Å². The van der Waals surface area contributed by atoms with E-state index in [0.717, 1.165) is 19.3 Å². The summed E-state index contributed by atoms with van der Waals surface area (Å²) < 4.78 is 0. The maximum absolute atomic E-state index is 10.3. The first-order chi connectivity index (χ1) is 8.65. The summed E-state index contributed by atoms with van der Waals surface area (Å²) in [5, 5.41) is 17.9. The lowest BCUT2D eigenvalue weighted by atomic mass is 10.1. The van der Waals surface area contributed by atoms with Crippen LogP contribution in [0.15, 0.2) is 24.3 Å². The van der Waals surface area contributed by atoms with Crippen LogP contribution in [0.2, 0.25) is 0 Å². The minimum absolute atomic E-state index is 0.167. The minimum Gasteiger partial charge on any atom is -0.397 e. The summed E-state index contributed by atoms with van der Waals surface area (Å²) in [5.74, 6) is 0. The lowest BCUT2D eigenvalue weighted by Gasteiger charge is -1.98. The summed E-state index contributed by atoms with van der Waals surface area (Å²) in [6, 6.07) is 6.78. The molecule has 0 spiro atoms. The Bertz CT molecular complexity index is 296. The number of aryl methyl sites for hydroxylation is 1. The molecule has 0 saturated carbocycles. The van der Waals surface area contributed by atoms with Crippen molar-refractivity contribution in [1.29, 1.82) is 0 Å². The van der Waals surface area contributed by atoms with Gasteiger partial charge >= 0.3 is 0 Å². The third kappa shape index (κ3) is 9.78. The number of rotatable bonds is 4. The maximum Gasteiger partial charge on any atom is 0.269 e. The van der Waals surface area contributed by atoms with Crippen molar-refractivity contribution >= 4 is 5.69 Å².